The molecule has 8 heteroatoms. The monoisotopic (exact) mass is 380 g/mol. The van der Waals surface area contributed by atoms with Gasteiger partial charge in [0.1, 0.15) is 0 Å². The van der Waals surface area contributed by atoms with Gasteiger partial charge in [-0.2, -0.15) is 13.2 Å². The summed E-state index contributed by atoms with van der Waals surface area (Å²) in [6.45, 7) is 2.23. The average molecular weight is 380 g/mol. The number of carbonyl (C=O) groups is 1. The summed E-state index contributed by atoms with van der Waals surface area (Å²) < 4.78 is 49.8. The van der Waals surface area contributed by atoms with E-state index < -0.39 is 23.7 Å². The Morgan fingerprint density at radius 2 is 1.89 bits per heavy atom. The van der Waals surface area contributed by atoms with E-state index >= 15 is 0 Å². The number of anilines is 1. The lowest BCUT2D eigenvalue weighted by Gasteiger charge is -2.24. The van der Waals surface area contributed by atoms with Gasteiger partial charge in [-0.15, -0.1) is 0 Å². The number of nitrogens with zero attached hydrogens (tertiary/aromatic N) is 1. The summed E-state index contributed by atoms with van der Waals surface area (Å²) in [5, 5.41) is 2.38. The summed E-state index contributed by atoms with van der Waals surface area (Å²) in [7, 11) is 1.73. The second-order valence-electron chi connectivity index (χ2n) is 6.31. The van der Waals surface area contributed by atoms with E-state index in [1.165, 1.54) is 18.2 Å². The van der Waals surface area contributed by atoms with Gasteiger partial charge in [0.2, 0.25) is 12.7 Å². The van der Waals surface area contributed by atoms with Crippen molar-refractivity contribution in [2.24, 2.45) is 0 Å². The number of nitrogens with one attached hydrogen (secondary N) is 1. The molecule has 1 aliphatic heterocycles. The summed E-state index contributed by atoms with van der Waals surface area (Å²) in [6.07, 6.45) is -4.54. The highest BCUT2D eigenvalue weighted by Gasteiger charge is 2.34. The van der Waals surface area contributed by atoms with Gasteiger partial charge in [0.05, 0.1) is 17.3 Å². The van der Waals surface area contributed by atoms with E-state index in [2.05, 4.69) is 5.32 Å². The second kappa shape index (κ2) is 7.48. The molecular formula is C19H19F3N2O3. The highest BCUT2D eigenvalue weighted by atomic mass is 19.4. The van der Waals surface area contributed by atoms with Crippen LogP contribution in [-0.2, 0) is 17.5 Å². The van der Waals surface area contributed by atoms with Crippen LogP contribution in [0.1, 0.15) is 18.1 Å². The largest absolute Gasteiger partial charge is 0.454 e. The van der Waals surface area contributed by atoms with Crippen molar-refractivity contribution in [1.29, 1.82) is 0 Å². The Bertz CT molecular complexity index is 839. The summed E-state index contributed by atoms with van der Waals surface area (Å²) in [6, 6.07) is 9.74. The van der Waals surface area contributed by atoms with Gasteiger partial charge in [0.25, 0.3) is 0 Å². The topological polar surface area (TPSA) is 50.8 Å². The summed E-state index contributed by atoms with van der Waals surface area (Å²) in [5.41, 5.74) is -0.223. The molecule has 2 aromatic carbocycles. The van der Waals surface area contributed by atoms with Gasteiger partial charge in [-0.25, -0.2) is 0 Å². The fourth-order valence-corrected chi connectivity index (χ4v) is 2.74. The Kier molecular flexibility index (Phi) is 5.27. The molecule has 2 aromatic rings. The van der Waals surface area contributed by atoms with E-state index in [0.29, 0.717) is 18.0 Å². The molecule has 0 fully saturated rings. The fourth-order valence-electron chi connectivity index (χ4n) is 2.74. The number of halogens is 3. The van der Waals surface area contributed by atoms with Gasteiger partial charge in [-0.1, -0.05) is 18.2 Å². The number of likely N-dealkylation sites (N-methyl/N-ethyl adjacent to an activating group) is 1. The number of ether oxygens (including phenoxy) is 2. The Balaban J connectivity index is 1.67. The predicted octanol–water partition coefficient (Wildman–Crippen LogP) is 3.89. The van der Waals surface area contributed by atoms with Crippen molar-refractivity contribution < 1.29 is 27.4 Å². The summed E-state index contributed by atoms with van der Waals surface area (Å²) >= 11 is 0. The van der Waals surface area contributed by atoms with Crippen molar-refractivity contribution in [3.05, 3.63) is 53.6 Å². The van der Waals surface area contributed by atoms with Crippen molar-refractivity contribution in [2.45, 2.75) is 25.7 Å². The number of para-hydroxylation sites is 1. The Morgan fingerprint density at radius 3 is 2.63 bits per heavy atom. The minimum atomic E-state index is -4.54. The number of carbonyl (C=O) groups excluding carboxylic acids is 1. The first-order valence-corrected chi connectivity index (χ1v) is 8.31. The van der Waals surface area contributed by atoms with Crippen molar-refractivity contribution in [3.63, 3.8) is 0 Å². The predicted molar refractivity (Wildman–Crippen MR) is 93.6 cm³/mol. The molecule has 0 bridgehead atoms. The normalized spacial score (nSPS) is 14.3. The Labute approximate surface area is 154 Å². The van der Waals surface area contributed by atoms with E-state index in [-0.39, 0.29) is 12.5 Å². The minimum Gasteiger partial charge on any atom is -0.454 e. The zero-order valence-electron chi connectivity index (χ0n) is 14.8. The third kappa shape index (κ3) is 4.33. The van der Waals surface area contributed by atoms with Crippen LogP contribution in [0.3, 0.4) is 0 Å². The first-order chi connectivity index (χ1) is 12.8. The third-order valence-electron chi connectivity index (χ3n) is 4.40. The van der Waals surface area contributed by atoms with Gasteiger partial charge in [0.15, 0.2) is 11.5 Å². The van der Waals surface area contributed by atoms with Crippen LogP contribution >= 0.6 is 0 Å². The molecule has 0 aliphatic carbocycles. The zero-order valence-corrected chi connectivity index (χ0v) is 14.8. The maximum Gasteiger partial charge on any atom is 0.418 e. The molecule has 0 spiro atoms. The van der Waals surface area contributed by atoms with E-state index in [1.54, 1.807) is 24.9 Å². The molecule has 1 atom stereocenters. The molecule has 0 aromatic heterocycles. The Hall–Kier alpha value is -2.74. The van der Waals surface area contributed by atoms with E-state index in [4.69, 9.17) is 9.47 Å². The summed E-state index contributed by atoms with van der Waals surface area (Å²) in [5.74, 6) is 0.781. The highest BCUT2D eigenvalue weighted by Crippen LogP contribution is 2.35. The van der Waals surface area contributed by atoms with Crippen LogP contribution in [0.25, 0.3) is 0 Å². The van der Waals surface area contributed by atoms with Crippen LogP contribution in [-0.4, -0.2) is 30.7 Å². The number of amides is 1. The van der Waals surface area contributed by atoms with Crippen LogP contribution < -0.4 is 14.8 Å². The second-order valence-corrected chi connectivity index (χ2v) is 6.31. The summed E-state index contributed by atoms with van der Waals surface area (Å²) in [4.78, 5) is 14.2. The molecule has 0 radical (unpaired) electrons. The molecule has 1 amide bonds. The lowest BCUT2D eigenvalue weighted by atomic mass is 10.1. The van der Waals surface area contributed by atoms with Crippen molar-refractivity contribution in [2.75, 3.05) is 19.2 Å². The maximum atomic E-state index is 13.1. The number of hydrogen-bond donors (Lipinski definition) is 1. The van der Waals surface area contributed by atoms with Crippen LogP contribution in [0, 0.1) is 0 Å². The molecule has 5 nitrogen and oxygen atoms in total. The maximum absolute atomic E-state index is 13.1. The first kappa shape index (κ1) is 19.0. The van der Waals surface area contributed by atoms with Crippen LogP contribution in [0.4, 0.5) is 18.9 Å². The van der Waals surface area contributed by atoms with Gasteiger partial charge >= 0.3 is 6.18 Å². The third-order valence-corrected chi connectivity index (χ3v) is 4.40. The SMILES string of the molecule is C[C@H](C(=O)Nc1ccccc1C(F)(F)F)N(C)Cc1ccc2c(c1)OCO2. The zero-order chi connectivity index (χ0) is 19.6. The lowest BCUT2D eigenvalue weighted by molar-refractivity contribution is -0.137. The smallest absolute Gasteiger partial charge is 0.418 e. The number of rotatable bonds is 5. The molecule has 0 unspecified atom stereocenters. The first-order valence-electron chi connectivity index (χ1n) is 8.31. The van der Waals surface area contributed by atoms with E-state index in [9.17, 15) is 18.0 Å². The van der Waals surface area contributed by atoms with Crippen molar-refractivity contribution >= 4 is 11.6 Å². The molecule has 1 aliphatic rings. The van der Waals surface area contributed by atoms with E-state index in [0.717, 1.165) is 11.6 Å². The Morgan fingerprint density at radius 1 is 1.19 bits per heavy atom. The molecule has 3 rings (SSSR count). The van der Waals surface area contributed by atoms with Gasteiger partial charge in [-0.3, -0.25) is 9.69 Å². The molecule has 144 valence electrons. The number of alkyl halides is 3. The highest BCUT2D eigenvalue weighted by molar-refractivity contribution is 5.95. The van der Waals surface area contributed by atoms with Gasteiger partial charge in [0, 0.05) is 6.54 Å². The van der Waals surface area contributed by atoms with Crippen LogP contribution in [0.15, 0.2) is 42.5 Å². The molecule has 1 heterocycles. The average Bonchev–Trinajstić information content (AvgIpc) is 3.08. The van der Waals surface area contributed by atoms with E-state index in [1.807, 2.05) is 12.1 Å². The van der Waals surface area contributed by atoms with Gasteiger partial charge < -0.3 is 14.8 Å². The van der Waals surface area contributed by atoms with Gasteiger partial charge in [-0.05, 0) is 43.8 Å². The molecule has 0 saturated carbocycles. The number of fused-ring (bicyclic) bond motifs is 1. The molecular weight excluding hydrogens is 361 g/mol. The quantitative estimate of drug-likeness (QED) is 0.855. The number of benzene rings is 2. The lowest BCUT2D eigenvalue weighted by Crippen LogP contribution is -2.39. The van der Waals surface area contributed by atoms with Crippen LogP contribution in [0.5, 0.6) is 11.5 Å². The van der Waals surface area contributed by atoms with Crippen molar-refractivity contribution in [3.8, 4) is 11.5 Å². The van der Waals surface area contributed by atoms with Crippen LogP contribution in [0.2, 0.25) is 0 Å². The fraction of sp³-hybridized carbons (Fsp3) is 0.316. The molecule has 0 saturated heterocycles. The minimum absolute atomic E-state index is 0.173. The number of hydrogen-bond acceptors (Lipinski definition) is 4. The van der Waals surface area contributed by atoms with Crippen molar-refractivity contribution in [1.82, 2.24) is 4.90 Å². The molecule has 27 heavy (non-hydrogen) atoms. The molecule has 1 N–H and O–H groups in total. The standard InChI is InChI=1S/C19H19F3N2O3/c1-12(18(25)23-15-6-4-3-5-14(15)19(20,21)22)24(2)10-13-7-8-16-17(9-13)27-11-26-16/h3-9,12H,10-11H2,1-2H3,(H,23,25)/t12-/m1/s1.